The molecule has 0 aromatic carbocycles. The van der Waals surface area contributed by atoms with Gasteiger partial charge in [0.2, 0.25) is 0 Å². The molecule has 0 amide bonds. The maximum atomic E-state index is 8.25. The van der Waals surface area contributed by atoms with Crippen molar-refractivity contribution in [2.45, 2.75) is 0 Å². The van der Waals surface area contributed by atoms with Crippen LogP contribution in [0.1, 0.15) is 0 Å². The first kappa shape index (κ1) is 50.0. The van der Waals surface area contributed by atoms with E-state index in [1.165, 1.54) is 0 Å². The van der Waals surface area contributed by atoms with E-state index in [4.69, 9.17) is 76.6 Å². The first-order valence-corrected chi connectivity index (χ1v) is 2.74. The molecule has 0 aromatic heterocycles. The van der Waals surface area contributed by atoms with Crippen LogP contribution in [0.2, 0.25) is 0 Å². The molecule has 137 valence electrons. The quantitative estimate of drug-likeness (QED) is 0.323. The first-order valence-electron chi connectivity index (χ1n) is 2.74. The fourth-order valence-corrected chi connectivity index (χ4v) is 0. The van der Waals surface area contributed by atoms with Crippen LogP contribution in [0.4, 0.5) is 0 Å². The number of hydrogen-bond donors (Lipinski definition) is 2. The Morgan fingerprint density at radius 3 is 0.348 bits per heavy atom. The summed E-state index contributed by atoms with van der Waals surface area (Å²) in [7, 11) is 0. The number of hydrogen-bond acceptors (Lipinski definition) is 15. The van der Waals surface area contributed by atoms with Crippen LogP contribution in [-0.4, -0.2) is 25.4 Å². The summed E-state index contributed by atoms with van der Waals surface area (Å²) in [6.07, 6.45) is 0. The van der Waals surface area contributed by atoms with Gasteiger partial charge in [-0.1, -0.05) is 0 Å². The molecule has 0 unspecified atom stereocenters. The zero-order valence-corrected chi connectivity index (χ0v) is 14.0. The summed E-state index contributed by atoms with van der Waals surface area (Å²) in [5.41, 5.74) is 0. The van der Waals surface area contributed by atoms with Crippen LogP contribution in [0.5, 0.6) is 0 Å². The Morgan fingerprint density at radius 2 is 0.348 bits per heavy atom. The summed E-state index contributed by atoms with van der Waals surface area (Å²) < 4.78 is 0. The molecular weight excluding hydrogens is 478 g/mol. The van der Waals surface area contributed by atoms with Gasteiger partial charge in [-0.25, -0.2) is 0 Å². The monoisotopic (exact) mass is 486 g/mol. The average molecular weight is 486 g/mol. The van der Waals surface area contributed by atoms with E-state index < -0.39 is 25.4 Å². The molecule has 0 saturated carbocycles. The molecule has 0 aliphatic rings. The summed E-state index contributed by atoms with van der Waals surface area (Å²) in [4.78, 5) is 41.2. The Kier molecular flexibility index (Phi) is 92.8. The van der Waals surface area contributed by atoms with E-state index in [9.17, 15) is 0 Å². The molecule has 0 heterocycles. The van der Waals surface area contributed by atoms with Gasteiger partial charge in [0.15, 0.2) is 0 Å². The van der Waals surface area contributed by atoms with Crippen LogP contribution >= 0.6 is 0 Å². The summed E-state index contributed by atoms with van der Waals surface area (Å²) in [5, 5.41) is 73.8. The van der Waals surface area contributed by atoms with Crippen molar-refractivity contribution >= 4 is 0 Å². The second-order valence-electron chi connectivity index (χ2n) is 1.12. The van der Waals surface area contributed by atoms with Crippen LogP contribution in [-0.2, 0) is 0 Å². The van der Waals surface area contributed by atoms with Crippen molar-refractivity contribution in [1.82, 2.24) is 12.3 Å². The minimum atomic E-state index is -1.75. The molecule has 0 aromatic rings. The standard InChI is InChI=1S/Ce.5NO3.2H3N/c;5*2-1(3)4;;/h;;;;;;2*1H3/q+3;5*-1;;/p+2. The summed E-state index contributed by atoms with van der Waals surface area (Å²) in [6.45, 7) is 0. The fourth-order valence-electron chi connectivity index (χ4n) is 0. The molecule has 0 atom stereocenters. The minimum absolute atomic E-state index is 0. The van der Waals surface area contributed by atoms with Crippen molar-refractivity contribution in [3.63, 3.8) is 0 Å². The maximum Gasteiger partial charge on any atom is 3.00 e. The van der Waals surface area contributed by atoms with Gasteiger partial charge >= 0.3 is 41.7 Å². The smallest absolute Gasteiger partial charge is 0.369 e. The van der Waals surface area contributed by atoms with E-state index in [2.05, 4.69) is 0 Å². The summed E-state index contributed by atoms with van der Waals surface area (Å²) >= 11 is 0. The van der Waals surface area contributed by atoms with Crippen LogP contribution in [0.25, 0.3) is 0 Å². The zero-order chi connectivity index (χ0) is 17.9. The summed E-state index contributed by atoms with van der Waals surface area (Å²) in [6, 6.07) is 0. The molecule has 0 bridgehead atoms. The Morgan fingerprint density at radius 1 is 0.348 bits per heavy atom. The third kappa shape index (κ3) is 790. The number of rotatable bonds is 0. The molecule has 0 spiro atoms. The second-order valence-corrected chi connectivity index (χ2v) is 1.12. The predicted octanol–water partition coefficient (Wildman–Crippen LogP) is -0.443. The SMILES string of the molecule is O=[N+]([O-])[O-].O=[N+]([O-])[O-].O=[N+]([O-])[O-].O=[N+]([O-])[O-].O=[N+]([O-])[O-].[Ce+3].[NH4+].[NH4+]. The molecular formula is H8CeN7O15. The van der Waals surface area contributed by atoms with E-state index in [1.54, 1.807) is 0 Å². The van der Waals surface area contributed by atoms with Crippen LogP contribution in [0.15, 0.2) is 0 Å². The first-order chi connectivity index (χ1) is 8.66. The van der Waals surface area contributed by atoms with Crippen molar-refractivity contribution in [2.24, 2.45) is 0 Å². The van der Waals surface area contributed by atoms with E-state index in [0.717, 1.165) is 0 Å². The third-order valence-corrected chi connectivity index (χ3v) is 0. The van der Waals surface area contributed by atoms with Crippen LogP contribution in [0.3, 0.4) is 0 Å². The third-order valence-electron chi connectivity index (χ3n) is 0. The molecule has 1 radical (unpaired) electrons. The molecule has 8 N–H and O–H groups in total. The number of nitrogens with zero attached hydrogens (tertiary/aromatic N) is 5. The minimum Gasteiger partial charge on any atom is -0.369 e. The van der Waals surface area contributed by atoms with E-state index in [-0.39, 0.29) is 54.0 Å². The number of quaternary nitrogens is 2. The van der Waals surface area contributed by atoms with E-state index in [1.807, 2.05) is 0 Å². The molecule has 0 aliphatic carbocycles. The molecule has 22 nitrogen and oxygen atoms in total. The van der Waals surface area contributed by atoms with Crippen molar-refractivity contribution in [3.05, 3.63) is 76.6 Å². The molecule has 23 heavy (non-hydrogen) atoms. The molecule has 0 fully saturated rings. The Hall–Kier alpha value is -2.70. The van der Waals surface area contributed by atoms with Gasteiger partial charge in [0.25, 0.3) is 0 Å². The van der Waals surface area contributed by atoms with Gasteiger partial charge in [0, 0.05) is 0 Å². The molecule has 23 heteroatoms. The van der Waals surface area contributed by atoms with Crippen LogP contribution in [0, 0.1) is 118 Å². The molecule has 0 rings (SSSR count). The Bertz CT molecular complexity index is 211. The van der Waals surface area contributed by atoms with E-state index in [0.29, 0.717) is 0 Å². The normalized spacial score (nSPS) is 5.22. The Balaban J connectivity index is -0.0000000197. The van der Waals surface area contributed by atoms with Crippen molar-refractivity contribution < 1.29 is 67.2 Å². The second kappa shape index (κ2) is 42.7. The predicted molar refractivity (Wildman–Crippen MR) is 63.8 cm³/mol. The van der Waals surface area contributed by atoms with Gasteiger partial charge in [-0.15, -0.1) is 0 Å². The van der Waals surface area contributed by atoms with Crippen molar-refractivity contribution in [3.8, 4) is 0 Å². The van der Waals surface area contributed by atoms with Gasteiger partial charge in [-0.3, -0.25) is 0 Å². The Labute approximate surface area is 156 Å². The topological polar surface area (TPSA) is 404 Å². The summed E-state index contributed by atoms with van der Waals surface area (Å²) in [5.74, 6) is 0. The van der Waals surface area contributed by atoms with Crippen LogP contribution < -0.4 is 12.3 Å². The largest absolute Gasteiger partial charge is 3.00 e. The zero-order valence-electron chi connectivity index (χ0n) is 10.9. The fraction of sp³-hybridized carbons (Fsp3) is 0. The van der Waals surface area contributed by atoms with Gasteiger partial charge in [-0.2, -0.15) is 0 Å². The molecule has 0 saturated heterocycles. The van der Waals surface area contributed by atoms with Gasteiger partial charge < -0.3 is 88.9 Å². The maximum absolute atomic E-state index is 8.25. The van der Waals surface area contributed by atoms with Crippen molar-refractivity contribution in [2.75, 3.05) is 0 Å². The van der Waals surface area contributed by atoms with Gasteiger partial charge in [0.05, 0.1) is 25.4 Å². The molecule has 0 aliphatic heterocycles. The van der Waals surface area contributed by atoms with Crippen molar-refractivity contribution in [1.29, 1.82) is 0 Å². The van der Waals surface area contributed by atoms with Gasteiger partial charge in [0.1, 0.15) is 0 Å². The van der Waals surface area contributed by atoms with Gasteiger partial charge in [-0.05, 0) is 0 Å². The average Bonchev–Trinajstić information content (AvgIpc) is 1.94. The van der Waals surface area contributed by atoms with E-state index >= 15 is 0 Å².